The molecule has 128 valence electrons. The molecule has 0 radical (unpaired) electrons. The Morgan fingerprint density at radius 2 is 1.48 bits per heavy atom. The number of ether oxygens (including phenoxy) is 1. The highest BCUT2D eigenvalue weighted by Gasteiger charge is 2.14. The van der Waals surface area contributed by atoms with Gasteiger partial charge in [0.05, 0.1) is 0 Å². The van der Waals surface area contributed by atoms with Crippen LogP contribution < -0.4 is 4.74 Å². The van der Waals surface area contributed by atoms with Gasteiger partial charge in [-0.3, -0.25) is 4.98 Å². The topological polar surface area (TPSA) is 35.0 Å². The van der Waals surface area contributed by atoms with Gasteiger partial charge in [-0.25, -0.2) is 4.98 Å². The van der Waals surface area contributed by atoms with Gasteiger partial charge in [0.25, 0.3) is 0 Å². The average molecular weight is 332 g/mol. The molecule has 0 amide bonds. The van der Waals surface area contributed by atoms with Gasteiger partial charge in [-0.1, -0.05) is 63.2 Å². The summed E-state index contributed by atoms with van der Waals surface area (Å²) in [6.07, 6.45) is 5.10. The lowest BCUT2D eigenvalue weighted by molar-refractivity contribution is 0.451. The largest absolute Gasteiger partial charge is 0.437 e. The lowest BCUT2D eigenvalue weighted by Gasteiger charge is -2.19. The van der Waals surface area contributed by atoms with Crippen LogP contribution in [0.4, 0.5) is 0 Å². The Labute approximate surface area is 149 Å². The number of aryl methyl sites for hydroxylation is 2. The third-order valence-electron chi connectivity index (χ3n) is 4.16. The van der Waals surface area contributed by atoms with Crippen molar-refractivity contribution in [3.63, 3.8) is 0 Å². The highest BCUT2D eigenvalue weighted by atomic mass is 16.5. The number of hydrogen-bond acceptors (Lipinski definition) is 3. The van der Waals surface area contributed by atoms with Crippen LogP contribution in [0.25, 0.3) is 0 Å². The van der Waals surface area contributed by atoms with Gasteiger partial charge in [0.15, 0.2) is 0 Å². The van der Waals surface area contributed by atoms with Gasteiger partial charge >= 0.3 is 0 Å². The maximum absolute atomic E-state index is 5.99. The van der Waals surface area contributed by atoms with Crippen LogP contribution in [0.15, 0.2) is 67.0 Å². The smallest absolute Gasteiger partial charge is 0.241 e. The molecule has 0 spiro atoms. The summed E-state index contributed by atoms with van der Waals surface area (Å²) >= 11 is 0. The van der Waals surface area contributed by atoms with E-state index in [0.29, 0.717) is 5.88 Å². The molecule has 3 heteroatoms. The quantitative estimate of drug-likeness (QED) is 0.631. The Balaban J connectivity index is 1.72. The van der Waals surface area contributed by atoms with E-state index in [1.54, 1.807) is 12.4 Å². The fraction of sp³-hybridized carbons (Fsp3) is 0.273. The number of nitrogens with zero attached hydrogens (tertiary/aromatic N) is 2. The van der Waals surface area contributed by atoms with Gasteiger partial charge in [0.1, 0.15) is 11.4 Å². The van der Waals surface area contributed by atoms with Crippen molar-refractivity contribution in [1.29, 1.82) is 0 Å². The molecule has 2 aromatic carbocycles. The Bertz CT molecular complexity index is 805. The van der Waals surface area contributed by atoms with Crippen molar-refractivity contribution in [2.45, 2.75) is 39.0 Å². The first-order valence-electron chi connectivity index (χ1n) is 8.64. The van der Waals surface area contributed by atoms with Crippen molar-refractivity contribution < 1.29 is 4.74 Å². The SMILES string of the molecule is CC(C)(C)c1ccc(Oc2nccnc2CCc2ccccc2)cc1. The summed E-state index contributed by atoms with van der Waals surface area (Å²) in [6, 6.07) is 18.6. The lowest BCUT2D eigenvalue weighted by atomic mass is 9.87. The van der Waals surface area contributed by atoms with Gasteiger partial charge < -0.3 is 4.74 Å². The molecule has 0 aliphatic rings. The van der Waals surface area contributed by atoms with E-state index in [1.807, 2.05) is 18.2 Å². The summed E-state index contributed by atoms with van der Waals surface area (Å²) in [5.74, 6) is 1.37. The zero-order valence-electron chi connectivity index (χ0n) is 15.1. The van der Waals surface area contributed by atoms with Crippen LogP contribution in [0.1, 0.15) is 37.6 Å². The Morgan fingerprint density at radius 3 is 2.16 bits per heavy atom. The molecule has 0 unspecified atom stereocenters. The first-order valence-corrected chi connectivity index (χ1v) is 8.64. The first-order chi connectivity index (χ1) is 12.0. The molecule has 0 atom stereocenters. The first kappa shape index (κ1) is 17.2. The van der Waals surface area contributed by atoms with Crippen molar-refractivity contribution in [3.05, 3.63) is 83.8 Å². The molecule has 25 heavy (non-hydrogen) atoms. The normalized spacial score (nSPS) is 11.3. The summed E-state index contributed by atoms with van der Waals surface area (Å²) in [6.45, 7) is 6.60. The molecule has 3 aromatic rings. The van der Waals surface area contributed by atoms with E-state index in [9.17, 15) is 0 Å². The zero-order valence-corrected chi connectivity index (χ0v) is 15.1. The minimum absolute atomic E-state index is 0.131. The number of benzene rings is 2. The second kappa shape index (κ2) is 7.47. The molecule has 3 rings (SSSR count). The van der Waals surface area contributed by atoms with Crippen molar-refractivity contribution in [2.75, 3.05) is 0 Å². The van der Waals surface area contributed by atoms with E-state index in [4.69, 9.17) is 4.74 Å². The summed E-state index contributed by atoms with van der Waals surface area (Å²) in [5.41, 5.74) is 3.58. The molecule has 1 aromatic heterocycles. The van der Waals surface area contributed by atoms with Crippen LogP contribution in [-0.2, 0) is 18.3 Å². The predicted molar refractivity (Wildman–Crippen MR) is 101 cm³/mol. The standard InChI is InChI=1S/C22H24N2O/c1-22(2,3)18-10-12-19(13-11-18)25-21-20(23-15-16-24-21)14-9-17-7-5-4-6-8-17/h4-8,10-13,15-16H,9,14H2,1-3H3. The van der Waals surface area contributed by atoms with E-state index in [0.717, 1.165) is 24.3 Å². The second-order valence-corrected chi connectivity index (χ2v) is 7.17. The molecule has 0 bridgehead atoms. The van der Waals surface area contributed by atoms with Crippen molar-refractivity contribution in [1.82, 2.24) is 9.97 Å². The molecule has 0 fully saturated rings. The van der Waals surface area contributed by atoms with Gasteiger partial charge in [-0.15, -0.1) is 0 Å². The fourth-order valence-electron chi connectivity index (χ4n) is 2.65. The van der Waals surface area contributed by atoms with Gasteiger partial charge in [-0.2, -0.15) is 0 Å². The average Bonchev–Trinajstić information content (AvgIpc) is 2.62. The summed E-state index contributed by atoms with van der Waals surface area (Å²) in [4.78, 5) is 8.83. The van der Waals surface area contributed by atoms with Gasteiger partial charge in [-0.05, 0) is 41.5 Å². The van der Waals surface area contributed by atoms with E-state index in [-0.39, 0.29) is 5.41 Å². The predicted octanol–water partition coefficient (Wildman–Crippen LogP) is 5.35. The third-order valence-corrected chi connectivity index (χ3v) is 4.16. The molecule has 0 N–H and O–H groups in total. The molecule has 0 saturated carbocycles. The van der Waals surface area contributed by atoms with E-state index in [1.165, 1.54) is 11.1 Å². The van der Waals surface area contributed by atoms with Crippen LogP contribution in [0.3, 0.4) is 0 Å². The molecule has 1 heterocycles. The fourth-order valence-corrected chi connectivity index (χ4v) is 2.65. The van der Waals surface area contributed by atoms with E-state index < -0.39 is 0 Å². The minimum atomic E-state index is 0.131. The van der Waals surface area contributed by atoms with Crippen LogP contribution in [0.5, 0.6) is 11.6 Å². The van der Waals surface area contributed by atoms with Crippen LogP contribution in [0.2, 0.25) is 0 Å². The molecular formula is C22H24N2O. The monoisotopic (exact) mass is 332 g/mol. The van der Waals surface area contributed by atoms with Crippen LogP contribution in [-0.4, -0.2) is 9.97 Å². The lowest BCUT2D eigenvalue weighted by Crippen LogP contribution is -2.10. The zero-order chi connectivity index (χ0) is 17.7. The van der Waals surface area contributed by atoms with Gasteiger partial charge in [0, 0.05) is 12.4 Å². The Kier molecular flexibility index (Phi) is 5.13. The molecular weight excluding hydrogens is 308 g/mol. The Hall–Kier alpha value is -2.68. The number of rotatable bonds is 5. The van der Waals surface area contributed by atoms with Crippen molar-refractivity contribution in [2.24, 2.45) is 0 Å². The molecule has 0 aliphatic heterocycles. The second-order valence-electron chi connectivity index (χ2n) is 7.17. The van der Waals surface area contributed by atoms with Gasteiger partial charge in [0.2, 0.25) is 5.88 Å². The van der Waals surface area contributed by atoms with Crippen molar-refractivity contribution in [3.8, 4) is 11.6 Å². The molecule has 3 nitrogen and oxygen atoms in total. The maximum atomic E-state index is 5.99. The highest BCUT2D eigenvalue weighted by Crippen LogP contribution is 2.27. The summed E-state index contributed by atoms with van der Waals surface area (Å²) < 4.78 is 5.99. The summed E-state index contributed by atoms with van der Waals surface area (Å²) in [5, 5.41) is 0. The molecule has 0 aliphatic carbocycles. The number of aromatic nitrogens is 2. The maximum Gasteiger partial charge on any atom is 0.241 e. The van der Waals surface area contributed by atoms with E-state index >= 15 is 0 Å². The third kappa shape index (κ3) is 4.66. The van der Waals surface area contributed by atoms with Crippen LogP contribution in [0, 0.1) is 0 Å². The number of hydrogen-bond donors (Lipinski definition) is 0. The van der Waals surface area contributed by atoms with Crippen LogP contribution >= 0.6 is 0 Å². The Morgan fingerprint density at radius 1 is 0.800 bits per heavy atom. The molecule has 0 saturated heterocycles. The van der Waals surface area contributed by atoms with E-state index in [2.05, 4.69) is 67.1 Å². The van der Waals surface area contributed by atoms with Crippen molar-refractivity contribution >= 4 is 0 Å². The highest BCUT2D eigenvalue weighted by molar-refractivity contribution is 5.34. The summed E-state index contributed by atoms with van der Waals surface area (Å²) in [7, 11) is 0. The minimum Gasteiger partial charge on any atom is -0.437 e.